The zero-order valence-electron chi connectivity index (χ0n) is 12.8. The van der Waals surface area contributed by atoms with E-state index in [2.05, 4.69) is 19.9 Å². The molecule has 4 rings (SSSR count). The fourth-order valence-corrected chi connectivity index (χ4v) is 3.41. The van der Waals surface area contributed by atoms with E-state index in [1.165, 1.54) is 7.11 Å². The number of imidazole rings is 1. The Hall–Kier alpha value is -2.68. The van der Waals surface area contributed by atoms with Gasteiger partial charge in [0.15, 0.2) is 22.3 Å². The van der Waals surface area contributed by atoms with E-state index in [1.807, 2.05) is 0 Å². The molecule has 124 valence electrons. The molecule has 4 heterocycles. The first-order valence-electron chi connectivity index (χ1n) is 7.27. The smallest absolute Gasteiger partial charge is 0.215 e. The van der Waals surface area contributed by atoms with E-state index in [0.717, 1.165) is 0 Å². The summed E-state index contributed by atoms with van der Waals surface area (Å²) in [5.41, 5.74) is 1.73. The zero-order valence-corrected chi connectivity index (χ0v) is 13.6. The molecule has 0 saturated heterocycles. The van der Waals surface area contributed by atoms with Crippen LogP contribution in [0.5, 0.6) is 17.4 Å². The van der Waals surface area contributed by atoms with Crippen LogP contribution in [0.3, 0.4) is 0 Å². The number of rotatable bonds is 4. The average molecular weight is 346 g/mol. The van der Waals surface area contributed by atoms with Crippen molar-refractivity contribution in [2.75, 3.05) is 20.3 Å². The second-order valence-corrected chi connectivity index (χ2v) is 6.40. The van der Waals surface area contributed by atoms with Crippen molar-refractivity contribution >= 4 is 22.0 Å². The molecule has 1 atom stereocenters. The molecule has 0 amide bonds. The topological polar surface area (TPSA) is 99.2 Å². The van der Waals surface area contributed by atoms with E-state index in [9.17, 15) is 4.21 Å². The van der Waals surface area contributed by atoms with Crippen molar-refractivity contribution in [2.24, 2.45) is 0 Å². The van der Waals surface area contributed by atoms with E-state index in [-0.39, 0.29) is 5.75 Å². The maximum absolute atomic E-state index is 12.6. The summed E-state index contributed by atoms with van der Waals surface area (Å²) in [5, 5.41) is 0.335. The monoisotopic (exact) mass is 346 g/mol. The maximum atomic E-state index is 12.6. The molecule has 24 heavy (non-hydrogen) atoms. The molecule has 1 N–H and O–H groups in total. The van der Waals surface area contributed by atoms with Crippen molar-refractivity contribution in [1.82, 2.24) is 19.9 Å². The Morgan fingerprint density at radius 3 is 3.00 bits per heavy atom. The van der Waals surface area contributed by atoms with Crippen LogP contribution in [-0.4, -0.2) is 44.5 Å². The van der Waals surface area contributed by atoms with Crippen LogP contribution >= 0.6 is 0 Å². The molecule has 1 unspecified atom stereocenters. The number of H-pyrrole nitrogens is 1. The number of aromatic nitrogens is 4. The second kappa shape index (κ2) is 6.08. The number of hydrogen-bond donors (Lipinski definition) is 1. The fraction of sp³-hybridized carbons (Fsp3) is 0.267. The van der Waals surface area contributed by atoms with Gasteiger partial charge in [-0.15, -0.1) is 0 Å². The number of hydrogen-bond acceptors (Lipinski definition) is 7. The number of nitrogens with zero attached hydrogens (tertiary/aromatic N) is 3. The normalized spacial score (nSPS) is 14.5. The van der Waals surface area contributed by atoms with Crippen molar-refractivity contribution in [3.8, 4) is 17.4 Å². The van der Waals surface area contributed by atoms with Gasteiger partial charge in [-0.05, 0) is 6.07 Å². The highest BCUT2D eigenvalue weighted by atomic mass is 32.2. The fourth-order valence-electron chi connectivity index (χ4n) is 2.40. The summed E-state index contributed by atoms with van der Waals surface area (Å²) < 4.78 is 28.8. The van der Waals surface area contributed by atoms with E-state index in [0.29, 0.717) is 52.6 Å². The molecule has 3 aromatic rings. The lowest BCUT2D eigenvalue weighted by Gasteiger charge is -2.19. The van der Waals surface area contributed by atoms with Gasteiger partial charge in [-0.3, -0.25) is 9.19 Å². The molecule has 0 spiro atoms. The van der Waals surface area contributed by atoms with Gasteiger partial charge in [0.1, 0.15) is 13.2 Å². The molecule has 0 radical (unpaired) electrons. The van der Waals surface area contributed by atoms with Crippen LogP contribution in [0, 0.1) is 0 Å². The van der Waals surface area contributed by atoms with Gasteiger partial charge in [0.05, 0.1) is 34.9 Å². The summed E-state index contributed by atoms with van der Waals surface area (Å²) in [6, 6.07) is 5.24. The second-order valence-electron chi connectivity index (χ2n) is 5.04. The molecule has 0 fully saturated rings. The van der Waals surface area contributed by atoms with Gasteiger partial charge in [0.25, 0.3) is 0 Å². The molecule has 9 heteroatoms. The summed E-state index contributed by atoms with van der Waals surface area (Å²) in [4.78, 5) is 15.8. The van der Waals surface area contributed by atoms with Crippen LogP contribution < -0.4 is 14.2 Å². The summed E-state index contributed by atoms with van der Waals surface area (Å²) in [5.74, 6) is 1.80. The third-order valence-electron chi connectivity index (χ3n) is 3.52. The predicted octanol–water partition coefficient (Wildman–Crippen LogP) is 1.44. The van der Waals surface area contributed by atoms with Crippen molar-refractivity contribution in [3.63, 3.8) is 0 Å². The standard InChI is InChI=1S/C15H14N4O4S/c1-21-12-3-2-9-14(18-12)19-15(17-9)24(20)8-10-13-11(4-5-16-10)22-6-7-23-13/h2-5H,6-8H2,1H3,(H,17,18,19). The Labute approximate surface area is 139 Å². The number of fused-ring (bicyclic) bond motifs is 2. The van der Waals surface area contributed by atoms with Gasteiger partial charge < -0.3 is 19.2 Å². The number of pyridine rings is 2. The van der Waals surface area contributed by atoms with E-state index in [4.69, 9.17) is 14.2 Å². The van der Waals surface area contributed by atoms with Gasteiger partial charge >= 0.3 is 0 Å². The quantitative estimate of drug-likeness (QED) is 0.763. The molecule has 0 aliphatic carbocycles. The predicted molar refractivity (Wildman–Crippen MR) is 85.8 cm³/mol. The zero-order chi connectivity index (χ0) is 16.5. The third kappa shape index (κ3) is 2.67. The minimum absolute atomic E-state index is 0.170. The number of nitrogens with one attached hydrogen (secondary N) is 1. The Morgan fingerprint density at radius 2 is 2.12 bits per heavy atom. The molecular formula is C15H14N4O4S. The van der Waals surface area contributed by atoms with Crippen LogP contribution in [-0.2, 0) is 16.6 Å². The summed E-state index contributed by atoms with van der Waals surface area (Å²) >= 11 is 0. The first-order valence-corrected chi connectivity index (χ1v) is 8.59. The first kappa shape index (κ1) is 14.9. The van der Waals surface area contributed by atoms with Gasteiger partial charge in [0.2, 0.25) is 5.88 Å². The molecule has 8 nitrogen and oxygen atoms in total. The molecular weight excluding hydrogens is 332 g/mol. The lowest BCUT2D eigenvalue weighted by Crippen LogP contribution is -2.17. The highest BCUT2D eigenvalue weighted by Gasteiger charge is 2.20. The number of aromatic amines is 1. The Kier molecular flexibility index (Phi) is 3.77. The Morgan fingerprint density at radius 1 is 1.25 bits per heavy atom. The van der Waals surface area contributed by atoms with E-state index >= 15 is 0 Å². The van der Waals surface area contributed by atoms with E-state index in [1.54, 1.807) is 24.4 Å². The van der Waals surface area contributed by atoms with E-state index < -0.39 is 10.8 Å². The molecule has 3 aromatic heterocycles. The van der Waals surface area contributed by atoms with Crippen molar-refractivity contribution in [3.05, 3.63) is 30.1 Å². The SMILES string of the molecule is COc1ccc2[nH]c(S(=O)Cc3nccc4c3OCCO4)nc2n1. The number of ether oxygens (including phenoxy) is 3. The molecule has 1 aliphatic heterocycles. The summed E-state index contributed by atoms with van der Waals surface area (Å²) in [6.07, 6.45) is 1.62. The Bertz CT molecular complexity index is 927. The van der Waals surface area contributed by atoms with Gasteiger partial charge in [-0.2, -0.15) is 4.98 Å². The molecule has 0 saturated carbocycles. The minimum atomic E-state index is -1.42. The summed E-state index contributed by atoms with van der Waals surface area (Å²) in [7, 11) is 0.115. The Balaban J connectivity index is 1.63. The number of methoxy groups -OCH3 is 1. The molecule has 0 aromatic carbocycles. The minimum Gasteiger partial charge on any atom is -0.486 e. The van der Waals surface area contributed by atoms with Gasteiger partial charge in [-0.1, -0.05) is 0 Å². The summed E-state index contributed by atoms with van der Waals surface area (Å²) in [6.45, 7) is 0.948. The van der Waals surface area contributed by atoms with Crippen molar-refractivity contribution in [1.29, 1.82) is 0 Å². The maximum Gasteiger partial charge on any atom is 0.215 e. The highest BCUT2D eigenvalue weighted by Crippen LogP contribution is 2.33. The third-order valence-corrected chi connectivity index (χ3v) is 4.68. The van der Waals surface area contributed by atoms with Crippen LogP contribution in [0.15, 0.2) is 29.6 Å². The van der Waals surface area contributed by atoms with Crippen LogP contribution in [0.1, 0.15) is 5.69 Å². The van der Waals surface area contributed by atoms with Crippen LogP contribution in [0.25, 0.3) is 11.2 Å². The van der Waals surface area contributed by atoms with Crippen molar-refractivity contribution in [2.45, 2.75) is 10.9 Å². The van der Waals surface area contributed by atoms with Crippen LogP contribution in [0.4, 0.5) is 0 Å². The molecule has 1 aliphatic rings. The largest absolute Gasteiger partial charge is 0.486 e. The van der Waals surface area contributed by atoms with Crippen LogP contribution in [0.2, 0.25) is 0 Å². The first-order chi connectivity index (χ1) is 11.7. The lowest BCUT2D eigenvalue weighted by molar-refractivity contribution is 0.169. The van der Waals surface area contributed by atoms with Gasteiger partial charge in [0, 0.05) is 18.3 Å². The van der Waals surface area contributed by atoms with Gasteiger partial charge in [-0.25, -0.2) is 4.98 Å². The molecule has 0 bridgehead atoms. The average Bonchev–Trinajstić information content (AvgIpc) is 3.05. The lowest BCUT2D eigenvalue weighted by atomic mass is 10.3. The van der Waals surface area contributed by atoms with Crippen molar-refractivity contribution < 1.29 is 18.4 Å². The highest BCUT2D eigenvalue weighted by molar-refractivity contribution is 7.84.